The lowest BCUT2D eigenvalue weighted by molar-refractivity contribution is -0.132. The molecule has 0 aromatic heterocycles. The highest BCUT2D eigenvalue weighted by Crippen LogP contribution is 2.21. The van der Waals surface area contributed by atoms with Crippen LogP contribution in [-0.2, 0) is 16.0 Å². The predicted molar refractivity (Wildman–Crippen MR) is 76.1 cm³/mol. The molecule has 1 aliphatic rings. The van der Waals surface area contributed by atoms with E-state index < -0.39 is 6.09 Å². The molecule has 0 radical (unpaired) electrons. The summed E-state index contributed by atoms with van der Waals surface area (Å²) in [5.74, 6) is -0.440. The first-order chi connectivity index (χ1) is 9.63. The van der Waals surface area contributed by atoms with E-state index in [4.69, 9.17) is 4.74 Å². The van der Waals surface area contributed by atoms with E-state index in [1.165, 1.54) is 4.90 Å². The van der Waals surface area contributed by atoms with Gasteiger partial charge < -0.3 is 4.74 Å². The van der Waals surface area contributed by atoms with Crippen LogP contribution in [0.1, 0.15) is 18.9 Å². The van der Waals surface area contributed by atoms with Crippen LogP contribution in [0.25, 0.3) is 0 Å². The summed E-state index contributed by atoms with van der Waals surface area (Å²) in [5.41, 5.74) is 1.09. The van der Waals surface area contributed by atoms with E-state index in [9.17, 15) is 9.59 Å². The number of ether oxygens (including phenoxy) is 1. The molecule has 0 bridgehead atoms. The fraction of sp³-hybridized carbons (Fsp3) is 0.375. The zero-order valence-electron chi connectivity index (χ0n) is 11.6. The second-order valence-corrected chi connectivity index (χ2v) is 5.05. The number of cyclic esters (lactones) is 1. The molecule has 0 spiro atoms. The first-order valence-corrected chi connectivity index (χ1v) is 6.78. The maximum absolute atomic E-state index is 12.3. The van der Waals surface area contributed by atoms with Crippen LogP contribution in [0.4, 0.5) is 4.79 Å². The molecule has 1 fully saturated rings. The van der Waals surface area contributed by atoms with Crippen molar-refractivity contribution in [1.29, 1.82) is 0 Å². The minimum atomic E-state index is -0.535. The smallest absolute Gasteiger partial charge is 0.416 e. The molecule has 0 unspecified atom stereocenters. The lowest BCUT2D eigenvalue weighted by Crippen LogP contribution is -2.42. The third kappa shape index (κ3) is 3.07. The number of rotatable bonds is 5. The highest BCUT2D eigenvalue weighted by Gasteiger charge is 2.39. The van der Waals surface area contributed by atoms with Gasteiger partial charge in [0.25, 0.3) is 0 Å². The van der Waals surface area contributed by atoms with Gasteiger partial charge in [-0.2, -0.15) is 0 Å². The zero-order chi connectivity index (χ0) is 14.5. The Kier molecular flexibility index (Phi) is 4.56. The normalized spacial score (nSPS) is 19.6. The van der Waals surface area contributed by atoms with Crippen LogP contribution in [0.3, 0.4) is 0 Å². The van der Waals surface area contributed by atoms with Gasteiger partial charge in [0, 0.05) is 5.92 Å². The number of benzene rings is 1. The molecular formula is C16H19NO3. The van der Waals surface area contributed by atoms with Crippen molar-refractivity contribution in [3.63, 3.8) is 0 Å². The number of hydrogen-bond acceptors (Lipinski definition) is 3. The maximum atomic E-state index is 12.3. The largest absolute Gasteiger partial charge is 0.447 e. The molecule has 2 atom stereocenters. The first kappa shape index (κ1) is 14.3. The number of carbonyl (C=O) groups excluding carboxylic acids is 2. The Balaban J connectivity index is 2.10. The molecule has 1 heterocycles. The number of nitrogens with zero attached hydrogens (tertiary/aromatic N) is 1. The van der Waals surface area contributed by atoms with Gasteiger partial charge in [0.1, 0.15) is 6.61 Å². The Bertz CT molecular complexity index is 498. The summed E-state index contributed by atoms with van der Waals surface area (Å²) in [6.07, 6.45) is 2.34. The number of imide groups is 1. The Hall–Kier alpha value is -2.10. The van der Waals surface area contributed by atoms with E-state index in [0.29, 0.717) is 12.8 Å². The third-order valence-electron chi connectivity index (χ3n) is 3.45. The van der Waals surface area contributed by atoms with Crippen molar-refractivity contribution in [1.82, 2.24) is 4.90 Å². The average Bonchev–Trinajstić information content (AvgIpc) is 2.80. The lowest BCUT2D eigenvalue weighted by Gasteiger charge is -2.22. The van der Waals surface area contributed by atoms with E-state index in [1.54, 1.807) is 13.0 Å². The molecule has 1 saturated heterocycles. The summed E-state index contributed by atoms with van der Waals surface area (Å²) in [7, 11) is 0. The second-order valence-electron chi connectivity index (χ2n) is 5.05. The zero-order valence-corrected chi connectivity index (χ0v) is 11.6. The third-order valence-corrected chi connectivity index (χ3v) is 3.45. The van der Waals surface area contributed by atoms with Crippen molar-refractivity contribution in [3.8, 4) is 0 Å². The van der Waals surface area contributed by atoms with E-state index in [-0.39, 0.29) is 24.5 Å². The van der Waals surface area contributed by atoms with Crippen LogP contribution in [0.15, 0.2) is 43.0 Å². The molecule has 20 heavy (non-hydrogen) atoms. The highest BCUT2D eigenvalue weighted by atomic mass is 16.6. The molecule has 2 amide bonds. The van der Waals surface area contributed by atoms with Crippen LogP contribution in [-0.4, -0.2) is 29.5 Å². The molecule has 0 saturated carbocycles. The van der Waals surface area contributed by atoms with Crippen LogP contribution in [0.2, 0.25) is 0 Å². The van der Waals surface area contributed by atoms with Gasteiger partial charge in [0.15, 0.2) is 0 Å². The van der Waals surface area contributed by atoms with Gasteiger partial charge in [-0.3, -0.25) is 4.79 Å². The van der Waals surface area contributed by atoms with Crippen molar-refractivity contribution in [2.45, 2.75) is 25.8 Å². The van der Waals surface area contributed by atoms with Gasteiger partial charge in [-0.1, -0.05) is 43.3 Å². The highest BCUT2D eigenvalue weighted by molar-refractivity contribution is 5.94. The maximum Gasteiger partial charge on any atom is 0.416 e. The second kappa shape index (κ2) is 6.37. The summed E-state index contributed by atoms with van der Waals surface area (Å²) in [6.45, 7) is 5.69. The molecule has 2 rings (SSSR count). The number of allylic oxidation sites excluding steroid dienone is 1. The summed E-state index contributed by atoms with van der Waals surface area (Å²) in [4.78, 5) is 25.4. The minimum Gasteiger partial charge on any atom is -0.447 e. The van der Waals surface area contributed by atoms with Crippen LogP contribution >= 0.6 is 0 Å². The standard InChI is InChI=1S/C16H19NO3/c1-3-7-12(2)15(18)17-14(11-20-16(17)19)10-13-8-5-4-6-9-13/h3-6,8-9,12,14H,1,7,10-11H2,2H3/t12-,14-/m0/s1. The Labute approximate surface area is 119 Å². The van der Waals surface area contributed by atoms with Gasteiger partial charge in [0.2, 0.25) is 5.91 Å². The van der Waals surface area contributed by atoms with Crippen molar-refractivity contribution in [2.75, 3.05) is 6.61 Å². The topological polar surface area (TPSA) is 46.6 Å². The summed E-state index contributed by atoms with van der Waals surface area (Å²) in [6, 6.07) is 9.58. The fourth-order valence-corrected chi connectivity index (χ4v) is 2.36. The van der Waals surface area contributed by atoms with E-state index in [0.717, 1.165) is 5.56 Å². The molecule has 4 heteroatoms. The summed E-state index contributed by atoms with van der Waals surface area (Å²) < 4.78 is 5.04. The van der Waals surface area contributed by atoms with Crippen molar-refractivity contribution < 1.29 is 14.3 Å². The van der Waals surface area contributed by atoms with Crippen molar-refractivity contribution >= 4 is 12.0 Å². The average molecular weight is 273 g/mol. The van der Waals surface area contributed by atoms with Gasteiger partial charge in [-0.25, -0.2) is 9.69 Å². The molecular weight excluding hydrogens is 254 g/mol. The van der Waals surface area contributed by atoms with Gasteiger partial charge >= 0.3 is 6.09 Å². The minimum absolute atomic E-state index is 0.187. The number of hydrogen-bond donors (Lipinski definition) is 0. The van der Waals surface area contributed by atoms with Crippen molar-refractivity contribution in [2.24, 2.45) is 5.92 Å². The number of amides is 2. The van der Waals surface area contributed by atoms with Crippen LogP contribution in [0, 0.1) is 5.92 Å². The summed E-state index contributed by atoms with van der Waals surface area (Å²) in [5, 5.41) is 0. The molecule has 0 aliphatic carbocycles. The lowest BCUT2D eigenvalue weighted by atomic mass is 10.0. The Morgan fingerprint density at radius 1 is 1.50 bits per heavy atom. The van der Waals surface area contributed by atoms with Crippen LogP contribution in [0.5, 0.6) is 0 Å². The number of carbonyl (C=O) groups is 2. The van der Waals surface area contributed by atoms with Crippen LogP contribution < -0.4 is 0 Å². The molecule has 1 aromatic carbocycles. The molecule has 0 N–H and O–H groups in total. The van der Waals surface area contributed by atoms with E-state index in [2.05, 4.69) is 6.58 Å². The van der Waals surface area contributed by atoms with E-state index >= 15 is 0 Å². The Morgan fingerprint density at radius 2 is 2.20 bits per heavy atom. The van der Waals surface area contributed by atoms with Gasteiger partial charge in [0.05, 0.1) is 6.04 Å². The predicted octanol–water partition coefficient (Wildman–Crippen LogP) is 2.79. The SMILES string of the molecule is C=CC[C@H](C)C(=O)N1C(=O)OC[C@@H]1Cc1ccccc1. The van der Waals surface area contributed by atoms with E-state index in [1.807, 2.05) is 30.3 Å². The molecule has 1 aliphatic heterocycles. The quantitative estimate of drug-likeness (QED) is 0.775. The summed E-state index contributed by atoms with van der Waals surface area (Å²) >= 11 is 0. The van der Waals surface area contributed by atoms with Gasteiger partial charge in [-0.05, 0) is 18.4 Å². The molecule has 106 valence electrons. The molecule has 1 aromatic rings. The Morgan fingerprint density at radius 3 is 2.85 bits per heavy atom. The molecule has 4 nitrogen and oxygen atoms in total. The monoisotopic (exact) mass is 273 g/mol. The first-order valence-electron chi connectivity index (χ1n) is 6.78. The fourth-order valence-electron chi connectivity index (χ4n) is 2.36. The van der Waals surface area contributed by atoms with Crippen molar-refractivity contribution in [3.05, 3.63) is 48.6 Å². The van der Waals surface area contributed by atoms with Gasteiger partial charge in [-0.15, -0.1) is 6.58 Å².